The van der Waals surface area contributed by atoms with Crippen molar-refractivity contribution in [2.45, 2.75) is 67.7 Å². The van der Waals surface area contributed by atoms with Crippen LogP contribution in [0.25, 0.3) is 22.6 Å². The maximum atomic E-state index is 3.62. The number of nitrogens with one attached hydrogen (secondary N) is 1. The minimum atomic E-state index is 0.366. The van der Waals surface area contributed by atoms with Gasteiger partial charge in [-0.15, -0.1) is 0 Å². The summed E-state index contributed by atoms with van der Waals surface area (Å²) in [6.07, 6.45) is 5.59. The molecule has 35 heavy (non-hydrogen) atoms. The van der Waals surface area contributed by atoms with Crippen molar-refractivity contribution in [3.8, 4) is 0 Å². The third-order valence-corrected chi connectivity index (χ3v) is 6.63. The van der Waals surface area contributed by atoms with Crippen LogP contribution in [0.2, 0.25) is 0 Å². The number of hydrogen-bond donors (Lipinski definition) is 1. The number of aryl methyl sites for hydroxylation is 2. The van der Waals surface area contributed by atoms with Gasteiger partial charge >= 0.3 is 0 Å². The van der Waals surface area contributed by atoms with E-state index in [0.29, 0.717) is 5.92 Å². The Hall–Kier alpha value is -3.32. The van der Waals surface area contributed by atoms with Crippen molar-refractivity contribution in [3.63, 3.8) is 0 Å². The molecule has 0 bridgehead atoms. The monoisotopic (exact) mass is 463 g/mol. The Morgan fingerprint density at radius 3 is 2.14 bits per heavy atom. The largest absolute Gasteiger partial charge is 0.355 e. The molecule has 0 saturated carbocycles. The molecule has 1 aliphatic carbocycles. The Morgan fingerprint density at radius 2 is 1.43 bits per heavy atom. The van der Waals surface area contributed by atoms with Crippen LogP contribution in [-0.4, -0.2) is 4.98 Å². The number of fused-ring (bicyclic) bond motifs is 3. The molecule has 1 aromatic heterocycles. The lowest BCUT2D eigenvalue weighted by atomic mass is 9.81. The van der Waals surface area contributed by atoms with Crippen molar-refractivity contribution in [3.05, 3.63) is 117 Å². The zero-order chi connectivity index (χ0) is 25.5. The first-order chi connectivity index (χ1) is 17.0. The summed E-state index contributed by atoms with van der Waals surface area (Å²) in [6, 6.07) is 24.5. The molecule has 1 heteroatoms. The number of benzene rings is 3. The Morgan fingerprint density at radius 1 is 0.771 bits per heavy atom. The molecular formula is C34H41N. The van der Waals surface area contributed by atoms with Gasteiger partial charge in [-0.05, 0) is 85.2 Å². The van der Waals surface area contributed by atoms with E-state index in [1.807, 2.05) is 27.7 Å². The number of rotatable bonds is 3. The Kier molecular flexibility index (Phi) is 8.93. The van der Waals surface area contributed by atoms with E-state index in [1.165, 1.54) is 61.1 Å². The Labute approximate surface area is 212 Å². The lowest BCUT2D eigenvalue weighted by molar-refractivity contribution is 0.824. The predicted octanol–water partition coefficient (Wildman–Crippen LogP) is 10.2. The topological polar surface area (TPSA) is 15.8 Å². The molecule has 1 heterocycles. The zero-order valence-electron chi connectivity index (χ0n) is 22.8. The molecule has 1 unspecified atom stereocenters. The van der Waals surface area contributed by atoms with E-state index in [9.17, 15) is 0 Å². The van der Waals surface area contributed by atoms with Gasteiger partial charge in [0, 0.05) is 22.5 Å². The lowest BCUT2D eigenvalue weighted by Gasteiger charge is -2.23. The summed E-state index contributed by atoms with van der Waals surface area (Å²) in [7, 11) is 0. The fourth-order valence-electron chi connectivity index (χ4n) is 5.10. The van der Waals surface area contributed by atoms with Crippen LogP contribution in [0.1, 0.15) is 93.0 Å². The van der Waals surface area contributed by atoms with E-state index < -0.39 is 0 Å². The van der Waals surface area contributed by atoms with E-state index in [1.54, 1.807) is 0 Å². The van der Waals surface area contributed by atoms with Gasteiger partial charge in [0.1, 0.15) is 0 Å². The molecule has 4 aromatic rings. The summed E-state index contributed by atoms with van der Waals surface area (Å²) in [4.78, 5) is 3.62. The highest BCUT2D eigenvalue weighted by atomic mass is 14.7. The molecule has 0 amide bonds. The number of H-pyrrole nitrogens is 1. The van der Waals surface area contributed by atoms with Crippen molar-refractivity contribution < 1.29 is 0 Å². The van der Waals surface area contributed by atoms with E-state index in [2.05, 4.69) is 112 Å². The molecule has 3 aromatic carbocycles. The van der Waals surface area contributed by atoms with Gasteiger partial charge in [0.15, 0.2) is 0 Å². The maximum Gasteiger partial charge on any atom is 0.0461 e. The first-order valence-electron chi connectivity index (χ1n) is 13.2. The quantitative estimate of drug-likeness (QED) is 0.311. The van der Waals surface area contributed by atoms with Crippen molar-refractivity contribution in [2.75, 3.05) is 0 Å². The molecule has 1 aliphatic rings. The fourth-order valence-corrected chi connectivity index (χ4v) is 5.10. The summed E-state index contributed by atoms with van der Waals surface area (Å²) in [5.74, 6) is 0.366. The van der Waals surface area contributed by atoms with Gasteiger partial charge in [-0.3, -0.25) is 0 Å². The van der Waals surface area contributed by atoms with Crippen LogP contribution in [0, 0.1) is 13.8 Å². The van der Waals surface area contributed by atoms with Crippen LogP contribution in [-0.2, 0) is 0 Å². The zero-order valence-corrected chi connectivity index (χ0v) is 22.8. The average molecular weight is 464 g/mol. The molecule has 5 rings (SSSR count). The van der Waals surface area contributed by atoms with Gasteiger partial charge in [-0.1, -0.05) is 100 Å². The van der Waals surface area contributed by atoms with Gasteiger partial charge in [-0.2, -0.15) is 0 Å². The van der Waals surface area contributed by atoms with E-state index in [0.717, 1.165) is 6.42 Å². The van der Waals surface area contributed by atoms with Crippen LogP contribution in [0.3, 0.4) is 0 Å². The minimum absolute atomic E-state index is 0.366. The SMILES string of the molecule is CC.CC.CC(C)=C(c1ccccc1C)c1cc(C2CC=Cc3[nH]c4ccccc4c32)ccc1C. The van der Waals surface area contributed by atoms with Gasteiger partial charge in [0.05, 0.1) is 0 Å². The lowest BCUT2D eigenvalue weighted by Crippen LogP contribution is -2.06. The first kappa shape index (κ1) is 26.3. The Balaban J connectivity index is 0.000000815. The van der Waals surface area contributed by atoms with Gasteiger partial charge < -0.3 is 4.98 Å². The van der Waals surface area contributed by atoms with Crippen molar-refractivity contribution in [2.24, 2.45) is 0 Å². The third-order valence-electron chi connectivity index (χ3n) is 6.63. The molecule has 1 N–H and O–H groups in total. The van der Waals surface area contributed by atoms with E-state index in [-0.39, 0.29) is 0 Å². The number of allylic oxidation sites excluding steroid dienone is 2. The second-order valence-corrected chi connectivity index (χ2v) is 8.95. The highest BCUT2D eigenvalue weighted by molar-refractivity contribution is 5.89. The third kappa shape index (κ3) is 5.20. The van der Waals surface area contributed by atoms with Crippen LogP contribution in [0.15, 0.2) is 78.4 Å². The van der Waals surface area contributed by atoms with Crippen LogP contribution in [0.4, 0.5) is 0 Å². The number of para-hydroxylation sites is 1. The fraction of sp³-hybridized carbons (Fsp3) is 0.294. The number of hydrogen-bond acceptors (Lipinski definition) is 0. The average Bonchev–Trinajstić information content (AvgIpc) is 3.28. The molecular weight excluding hydrogens is 422 g/mol. The minimum Gasteiger partial charge on any atom is -0.355 e. The van der Waals surface area contributed by atoms with Crippen LogP contribution >= 0.6 is 0 Å². The summed E-state index contributed by atoms with van der Waals surface area (Å²) >= 11 is 0. The normalized spacial score (nSPS) is 13.8. The highest BCUT2D eigenvalue weighted by Gasteiger charge is 2.24. The van der Waals surface area contributed by atoms with Crippen LogP contribution in [0.5, 0.6) is 0 Å². The second kappa shape index (κ2) is 11.9. The molecule has 0 radical (unpaired) electrons. The summed E-state index contributed by atoms with van der Waals surface area (Å²) in [5, 5.41) is 1.34. The van der Waals surface area contributed by atoms with Crippen molar-refractivity contribution in [1.29, 1.82) is 0 Å². The van der Waals surface area contributed by atoms with Crippen LogP contribution < -0.4 is 0 Å². The molecule has 182 valence electrons. The molecule has 0 aliphatic heterocycles. The highest BCUT2D eigenvalue weighted by Crippen LogP contribution is 2.41. The summed E-state index contributed by atoms with van der Waals surface area (Å²) in [6.45, 7) is 16.9. The first-order valence-corrected chi connectivity index (χ1v) is 13.2. The van der Waals surface area contributed by atoms with E-state index >= 15 is 0 Å². The van der Waals surface area contributed by atoms with Crippen molar-refractivity contribution in [1.82, 2.24) is 4.98 Å². The van der Waals surface area contributed by atoms with Gasteiger partial charge in [0.25, 0.3) is 0 Å². The summed E-state index contributed by atoms with van der Waals surface area (Å²) < 4.78 is 0. The predicted molar refractivity (Wildman–Crippen MR) is 156 cm³/mol. The number of aromatic nitrogens is 1. The molecule has 0 saturated heterocycles. The molecule has 1 nitrogen and oxygen atoms in total. The molecule has 0 spiro atoms. The molecule has 1 atom stereocenters. The smallest absolute Gasteiger partial charge is 0.0461 e. The van der Waals surface area contributed by atoms with Gasteiger partial charge in [-0.25, -0.2) is 0 Å². The maximum absolute atomic E-state index is 3.62. The molecule has 0 fully saturated rings. The Bertz CT molecular complexity index is 1340. The van der Waals surface area contributed by atoms with Gasteiger partial charge in [0.2, 0.25) is 0 Å². The van der Waals surface area contributed by atoms with E-state index in [4.69, 9.17) is 0 Å². The number of aromatic amines is 1. The summed E-state index contributed by atoms with van der Waals surface area (Å²) in [5.41, 5.74) is 13.3. The standard InChI is InChI=1S/C30H29N.2C2H6/c1-19(2)29(23-11-6-5-10-20(23)3)26-18-22(17-16-21(26)4)24-13-9-15-28-30(24)25-12-7-8-14-27(25)31-28;2*1-2/h5-12,14-18,24,31H,13H2,1-4H3;2*1-2H3. The van der Waals surface area contributed by atoms with Crippen molar-refractivity contribution >= 4 is 22.6 Å². The second-order valence-electron chi connectivity index (χ2n) is 8.95.